The molecule has 0 aliphatic carbocycles. The van der Waals surface area contributed by atoms with E-state index in [-0.39, 0.29) is 18.6 Å². The highest BCUT2D eigenvalue weighted by molar-refractivity contribution is 5.75. The molecule has 0 amide bonds. The molecule has 1 aromatic carbocycles. The topological polar surface area (TPSA) is 67.8 Å². The largest absolute Gasteiger partial charge is 0.468 e. The van der Waals surface area contributed by atoms with Gasteiger partial charge in [-0.1, -0.05) is 44.2 Å². The molecule has 0 spiro atoms. The zero-order chi connectivity index (χ0) is 17.3. The van der Waals surface area contributed by atoms with Gasteiger partial charge in [0.1, 0.15) is 6.04 Å². The summed E-state index contributed by atoms with van der Waals surface area (Å²) >= 11 is 0. The van der Waals surface area contributed by atoms with E-state index in [9.17, 15) is 4.79 Å². The number of benzene rings is 1. The minimum atomic E-state index is -0.132. The van der Waals surface area contributed by atoms with E-state index in [0.717, 1.165) is 19.4 Å². The summed E-state index contributed by atoms with van der Waals surface area (Å²) in [7, 11) is 1.42. The summed E-state index contributed by atoms with van der Waals surface area (Å²) in [5.74, 6) is -0.132. The summed E-state index contributed by atoms with van der Waals surface area (Å²) in [6.07, 6.45) is 2.72. The van der Waals surface area contributed by atoms with Crippen molar-refractivity contribution in [2.45, 2.75) is 45.8 Å². The number of rotatable bonds is 6. The van der Waals surface area contributed by atoms with Crippen molar-refractivity contribution in [3.63, 3.8) is 0 Å². The number of methoxy groups -OCH3 is 1. The van der Waals surface area contributed by atoms with Gasteiger partial charge in [-0.2, -0.15) is 0 Å². The Bertz CT molecular complexity index is 378. The fraction of sp³-hybridized carbons (Fsp3) is 0.611. The molecule has 1 aliphatic heterocycles. The minimum absolute atomic E-state index is 0.0324. The number of aliphatic hydroxyl groups is 1. The molecule has 1 fully saturated rings. The lowest BCUT2D eigenvalue weighted by Gasteiger charge is -2.04. The number of esters is 1. The third-order valence-corrected chi connectivity index (χ3v) is 3.10. The van der Waals surface area contributed by atoms with E-state index in [1.54, 1.807) is 0 Å². The Labute approximate surface area is 140 Å². The normalized spacial score (nSPS) is 15.7. The van der Waals surface area contributed by atoms with E-state index in [2.05, 4.69) is 10.1 Å². The number of hydrogen-bond acceptors (Lipinski definition) is 5. The Morgan fingerprint density at radius 3 is 2.52 bits per heavy atom. The lowest BCUT2D eigenvalue weighted by molar-refractivity contribution is -0.142. The zero-order valence-corrected chi connectivity index (χ0v) is 14.6. The zero-order valence-electron chi connectivity index (χ0n) is 14.6. The van der Waals surface area contributed by atoms with E-state index in [0.29, 0.717) is 19.6 Å². The number of carbonyl (C=O) groups is 1. The van der Waals surface area contributed by atoms with Crippen molar-refractivity contribution < 1.29 is 19.4 Å². The third-order valence-electron chi connectivity index (χ3n) is 3.10. The Kier molecular flexibility index (Phi) is 14.5. The van der Waals surface area contributed by atoms with Gasteiger partial charge >= 0.3 is 5.97 Å². The first-order chi connectivity index (χ1) is 11.3. The van der Waals surface area contributed by atoms with Gasteiger partial charge in [0.2, 0.25) is 0 Å². The van der Waals surface area contributed by atoms with Gasteiger partial charge in [0, 0.05) is 13.2 Å². The molecule has 23 heavy (non-hydrogen) atoms. The molecule has 0 bridgehead atoms. The van der Waals surface area contributed by atoms with Crippen LogP contribution in [0.4, 0.5) is 0 Å². The summed E-state index contributed by atoms with van der Waals surface area (Å²) < 4.78 is 9.83. The van der Waals surface area contributed by atoms with Gasteiger partial charge in [-0.05, 0) is 31.4 Å². The number of aliphatic hydroxyl groups excluding tert-OH is 1. The SMILES string of the molecule is CC.COC(=O)C1CCCN1.OCCCOCc1ccccc1. The number of hydrogen-bond donors (Lipinski definition) is 2. The van der Waals surface area contributed by atoms with E-state index < -0.39 is 0 Å². The molecular formula is C18H31NO4. The fourth-order valence-electron chi connectivity index (χ4n) is 1.96. The van der Waals surface area contributed by atoms with Crippen LogP contribution in [0.25, 0.3) is 0 Å². The van der Waals surface area contributed by atoms with Crippen LogP contribution in [0.1, 0.15) is 38.7 Å². The standard InChI is InChI=1S/C10H14O2.C6H11NO2.C2H6/c11-7-4-8-12-9-10-5-2-1-3-6-10;1-9-6(8)5-3-2-4-7-5;1-2/h1-3,5-6,11H,4,7-9H2;5,7H,2-4H2,1H3;1-2H3. The van der Waals surface area contributed by atoms with Crippen LogP contribution in [0.3, 0.4) is 0 Å². The fourth-order valence-corrected chi connectivity index (χ4v) is 1.96. The number of carbonyl (C=O) groups excluding carboxylic acids is 1. The maximum Gasteiger partial charge on any atom is 0.322 e. The summed E-state index contributed by atoms with van der Waals surface area (Å²) in [6.45, 7) is 6.42. The van der Waals surface area contributed by atoms with Crippen LogP contribution in [-0.4, -0.2) is 44.0 Å². The predicted octanol–water partition coefficient (Wildman–Crippen LogP) is 2.52. The van der Waals surface area contributed by atoms with Crippen LogP contribution in [0.5, 0.6) is 0 Å². The number of nitrogens with one attached hydrogen (secondary N) is 1. The van der Waals surface area contributed by atoms with Gasteiger partial charge in [0.15, 0.2) is 0 Å². The van der Waals surface area contributed by atoms with E-state index in [4.69, 9.17) is 9.84 Å². The molecule has 1 saturated heterocycles. The summed E-state index contributed by atoms with van der Waals surface area (Å²) in [6, 6.07) is 9.99. The average molecular weight is 325 g/mol. The van der Waals surface area contributed by atoms with E-state index in [1.165, 1.54) is 12.7 Å². The summed E-state index contributed by atoms with van der Waals surface area (Å²) in [5.41, 5.74) is 1.18. The first-order valence-electron chi connectivity index (χ1n) is 8.31. The molecule has 1 aromatic rings. The van der Waals surface area contributed by atoms with Crippen molar-refractivity contribution in [3.05, 3.63) is 35.9 Å². The van der Waals surface area contributed by atoms with Crippen LogP contribution < -0.4 is 5.32 Å². The first-order valence-corrected chi connectivity index (χ1v) is 8.31. The van der Waals surface area contributed by atoms with Crippen LogP contribution in [-0.2, 0) is 20.9 Å². The molecule has 1 unspecified atom stereocenters. The van der Waals surface area contributed by atoms with Crippen molar-refractivity contribution in [2.75, 3.05) is 26.9 Å². The van der Waals surface area contributed by atoms with Crippen LogP contribution in [0.2, 0.25) is 0 Å². The molecule has 0 aromatic heterocycles. The van der Waals surface area contributed by atoms with Gasteiger partial charge in [-0.15, -0.1) is 0 Å². The second-order valence-corrected chi connectivity index (χ2v) is 4.79. The highest BCUT2D eigenvalue weighted by Crippen LogP contribution is 2.05. The van der Waals surface area contributed by atoms with Crippen LogP contribution in [0, 0.1) is 0 Å². The maximum absolute atomic E-state index is 10.7. The second-order valence-electron chi connectivity index (χ2n) is 4.79. The summed E-state index contributed by atoms with van der Waals surface area (Å²) in [4.78, 5) is 10.7. The second kappa shape index (κ2) is 15.5. The van der Waals surface area contributed by atoms with Gasteiger partial charge < -0.3 is 19.9 Å². The molecule has 1 aliphatic rings. The Morgan fingerprint density at radius 1 is 1.30 bits per heavy atom. The predicted molar refractivity (Wildman–Crippen MR) is 92.2 cm³/mol. The van der Waals surface area contributed by atoms with E-state index >= 15 is 0 Å². The molecule has 5 heteroatoms. The van der Waals surface area contributed by atoms with Crippen LogP contribution >= 0.6 is 0 Å². The molecule has 5 nitrogen and oxygen atoms in total. The lowest BCUT2D eigenvalue weighted by Crippen LogP contribution is -2.31. The smallest absolute Gasteiger partial charge is 0.322 e. The van der Waals surface area contributed by atoms with Gasteiger partial charge in [0.05, 0.1) is 13.7 Å². The summed E-state index contributed by atoms with van der Waals surface area (Å²) in [5, 5.41) is 11.5. The molecule has 132 valence electrons. The van der Waals surface area contributed by atoms with Crippen molar-refractivity contribution in [1.82, 2.24) is 5.32 Å². The van der Waals surface area contributed by atoms with Crippen molar-refractivity contribution in [3.8, 4) is 0 Å². The molecule has 2 N–H and O–H groups in total. The van der Waals surface area contributed by atoms with E-state index in [1.807, 2.05) is 44.2 Å². The quantitative estimate of drug-likeness (QED) is 0.621. The van der Waals surface area contributed by atoms with Gasteiger partial charge in [-0.25, -0.2) is 0 Å². The van der Waals surface area contributed by atoms with Crippen LogP contribution in [0.15, 0.2) is 30.3 Å². The molecule has 0 saturated carbocycles. The maximum atomic E-state index is 10.7. The van der Waals surface area contributed by atoms with Crippen molar-refractivity contribution in [2.24, 2.45) is 0 Å². The minimum Gasteiger partial charge on any atom is -0.468 e. The van der Waals surface area contributed by atoms with Gasteiger partial charge in [0.25, 0.3) is 0 Å². The average Bonchev–Trinajstić information content (AvgIpc) is 3.16. The lowest BCUT2D eigenvalue weighted by atomic mass is 10.2. The molecule has 0 radical (unpaired) electrons. The van der Waals surface area contributed by atoms with Crippen molar-refractivity contribution >= 4 is 5.97 Å². The highest BCUT2D eigenvalue weighted by Gasteiger charge is 2.21. The number of ether oxygens (including phenoxy) is 2. The monoisotopic (exact) mass is 325 g/mol. The highest BCUT2D eigenvalue weighted by atomic mass is 16.5. The molecular weight excluding hydrogens is 294 g/mol. The molecule has 1 atom stereocenters. The molecule has 1 heterocycles. The Balaban J connectivity index is 0.000000392. The first kappa shape index (κ1) is 21.6. The third kappa shape index (κ3) is 10.8. The van der Waals surface area contributed by atoms with Gasteiger partial charge in [-0.3, -0.25) is 4.79 Å². The molecule has 2 rings (SSSR count). The Hall–Kier alpha value is -1.43. The Morgan fingerprint density at radius 2 is 2.00 bits per heavy atom. The van der Waals surface area contributed by atoms with Crippen molar-refractivity contribution in [1.29, 1.82) is 0 Å².